The van der Waals surface area contributed by atoms with Crippen LogP contribution in [0.4, 0.5) is 0 Å². The summed E-state index contributed by atoms with van der Waals surface area (Å²) >= 11 is 0. The first-order valence-electron chi connectivity index (χ1n) is 11.6. The van der Waals surface area contributed by atoms with Crippen molar-refractivity contribution in [1.29, 1.82) is 0 Å². The zero-order chi connectivity index (χ0) is 21.7. The quantitative estimate of drug-likeness (QED) is 0.223. The largest absolute Gasteiger partial charge is 0.329 e. The lowest BCUT2D eigenvalue weighted by molar-refractivity contribution is 0.473. The predicted octanol–water partition coefficient (Wildman–Crippen LogP) is 7.24. The number of rotatable bonds is 16. The Kier molecular flexibility index (Phi) is 11.2. The van der Waals surface area contributed by atoms with Crippen molar-refractivity contribution < 1.29 is 13.0 Å². The second-order valence-corrected chi connectivity index (χ2v) is 9.46. The van der Waals surface area contributed by atoms with Crippen molar-refractivity contribution in [2.45, 2.75) is 102 Å². The van der Waals surface area contributed by atoms with Gasteiger partial charge in [0.05, 0.1) is 11.0 Å². The summed E-state index contributed by atoms with van der Waals surface area (Å²) in [7, 11) is -4.37. The SMILES string of the molecule is CCCCCCCCCCCCCCC/C=C/n1c(S(=O)(=O)O)nc2ccccc21. The van der Waals surface area contributed by atoms with E-state index in [1.54, 1.807) is 24.4 Å². The van der Waals surface area contributed by atoms with Crippen LogP contribution in [0.25, 0.3) is 17.2 Å². The Balaban J connectivity index is 1.61. The molecule has 168 valence electrons. The zero-order valence-electron chi connectivity index (χ0n) is 18.4. The van der Waals surface area contributed by atoms with E-state index in [1.165, 1.54) is 81.6 Å². The Morgan fingerprint density at radius 1 is 0.867 bits per heavy atom. The van der Waals surface area contributed by atoms with Crippen molar-refractivity contribution in [3.8, 4) is 0 Å². The fourth-order valence-electron chi connectivity index (χ4n) is 3.81. The minimum Gasteiger partial charge on any atom is -0.288 e. The molecule has 1 aromatic heterocycles. The molecule has 0 radical (unpaired) electrons. The van der Waals surface area contributed by atoms with Gasteiger partial charge >= 0.3 is 10.1 Å². The van der Waals surface area contributed by atoms with E-state index in [1.807, 2.05) is 12.1 Å². The highest BCUT2D eigenvalue weighted by Gasteiger charge is 2.19. The monoisotopic (exact) mass is 434 g/mol. The second-order valence-electron chi connectivity index (χ2n) is 8.14. The molecule has 1 heterocycles. The molecule has 0 bridgehead atoms. The Morgan fingerprint density at radius 2 is 1.40 bits per heavy atom. The molecule has 0 aliphatic heterocycles. The normalized spacial score (nSPS) is 12.3. The number of hydrogen-bond acceptors (Lipinski definition) is 3. The molecule has 0 aliphatic rings. The molecule has 5 nitrogen and oxygen atoms in total. The first-order valence-corrected chi connectivity index (χ1v) is 13.1. The van der Waals surface area contributed by atoms with Crippen LogP contribution in [-0.4, -0.2) is 22.5 Å². The molecule has 0 saturated carbocycles. The lowest BCUT2D eigenvalue weighted by atomic mass is 10.0. The maximum atomic E-state index is 11.6. The molecule has 0 fully saturated rings. The average molecular weight is 435 g/mol. The van der Waals surface area contributed by atoms with Crippen LogP contribution in [-0.2, 0) is 10.1 Å². The highest BCUT2D eigenvalue weighted by molar-refractivity contribution is 7.85. The van der Waals surface area contributed by atoms with Gasteiger partial charge in [0.15, 0.2) is 0 Å². The Labute approximate surface area is 182 Å². The van der Waals surface area contributed by atoms with E-state index in [4.69, 9.17) is 0 Å². The Morgan fingerprint density at radius 3 is 1.97 bits per heavy atom. The van der Waals surface area contributed by atoms with Crippen molar-refractivity contribution in [2.75, 3.05) is 0 Å². The van der Waals surface area contributed by atoms with Crippen molar-refractivity contribution in [1.82, 2.24) is 9.55 Å². The molecule has 2 aromatic rings. The van der Waals surface area contributed by atoms with Gasteiger partial charge in [-0.1, -0.05) is 102 Å². The third-order valence-corrected chi connectivity index (χ3v) is 6.27. The molecule has 0 saturated heterocycles. The summed E-state index contributed by atoms with van der Waals surface area (Å²) in [5.74, 6) is 0. The molecule has 1 aromatic carbocycles. The van der Waals surface area contributed by atoms with Crippen LogP contribution in [0, 0.1) is 0 Å². The minimum absolute atomic E-state index is 0.328. The van der Waals surface area contributed by atoms with Gasteiger partial charge in [-0.3, -0.25) is 9.12 Å². The maximum absolute atomic E-state index is 11.6. The number of imidazole rings is 1. The number of para-hydroxylation sites is 2. The third-order valence-electron chi connectivity index (χ3n) is 5.52. The van der Waals surface area contributed by atoms with Gasteiger partial charge in [-0.05, 0) is 25.0 Å². The van der Waals surface area contributed by atoms with Gasteiger partial charge in [0.1, 0.15) is 0 Å². The van der Waals surface area contributed by atoms with Crippen LogP contribution in [0.15, 0.2) is 35.5 Å². The number of allylic oxidation sites excluding steroid dienone is 1. The molecular formula is C24H38N2O3S. The van der Waals surface area contributed by atoms with Crippen LogP contribution in [0.5, 0.6) is 0 Å². The van der Waals surface area contributed by atoms with E-state index < -0.39 is 10.1 Å². The van der Waals surface area contributed by atoms with E-state index in [2.05, 4.69) is 11.9 Å². The number of unbranched alkanes of at least 4 members (excludes halogenated alkanes) is 13. The molecule has 0 amide bonds. The summed E-state index contributed by atoms with van der Waals surface area (Å²) in [6.07, 6.45) is 21.8. The summed E-state index contributed by atoms with van der Waals surface area (Å²) < 4.78 is 34.1. The van der Waals surface area contributed by atoms with Crippen LogP contribution in [0.3, 0.4) is 0 Å². The molecule has 0 spiro atoms. The summed E-state index contributed by atoms with van der Waals surface area (Å²) in [6, 6.07) is 7.16. The molecule has 2 rings (SSSR count). The van der Waals surface area contributed by atoms with E-state index in [0.29, 0.717) is 11.0 Å². The smallest absolute Gasteiger partial charge is 0.288 e. The van der Waals surface area contributed by atoms with E-state index in [9.17, 15) is 13.0 Å². The summed E-state index contributed by atoms with van der Waals surface area (Å²) in [4.78, 5) is 4.05. The first kappa shape index (κ1) is 24.6. The number of hydrogen-bond donors (Lipinski definition) is 1. The van der Waals surface area contributed by atoms with Crippen LogP contribution in [0.1, 0.15) is 96.8 Å². The topological polar surface area (TPSA) is 72.2 Å². The minimum atomic E-state index is -4.37. The fourth-order valence-corrected chi connectivity index (χ4v) is 4.43. The number of aromatic nitrogens is 2. The van der Waals surface area contributed by atoms with Crippen LogP contribution < -0.4 is 0 Å². The van der Waals surface area contributed by atoms with Gasteiger partial charge < -0.3 is 0 Å². The summed E-state index contributed by atoms with van der Waals surface area (Å²) in [5, 5.41) is -0.328. The molecule has 0 atom stereocenters. The Bertz CT molecular complexity index is 872. The summed E-state index contributed by atoms with van der Waals surface area (Å²) in [5.41, 5.74) is 1.22. The van der Waals surface area contributed by atoms with E-state index in [-0.39, 0.29) is 5.16 Å². The highest BCUT2D eigenvalue weighted by atomic mass is 32.2. The first-order chi connectivity index (χ1) is 14.5. The van der Waals surface area contributed by atoms with Gasteiger partial charge in [-0.25, -0.2) is 4.98 Å². The van der Waals surface area contributed by atoms with E-state index >= 15 is 0 Å². The van der Waals surface area contributed by atoms with Gasteiger partial charge in [-0.2, -0.15) is 8.42 Å². The molecule has 0 aliphatic carbocycles. The van der Waals surface area contributed by atoms with Crippen LogP contribution in [0.2, 0.25) is 0 Å². The highest BCUT2D eigenvalue weighted by Crippen LogP contribution is 2.20. The van der Waals surface area contributed by atoms with Crippen molar-refractivity contribution in [2.24, 2.45) is 0 Å². The van der Waals surface area contributed by atoms with Crippen LogP contribution >= 0.6 is 0 Å². The Hall–Kier alpha value is -1.66. The number of fused-ring (bicyclic) bond motifs is 1. The standard InChI is InChI=1S/C24H38N2O3S/c1-2-3-4-5-6-7-8-9-10-11-12-13-14-15-18-21-26-23-20-17-16-19-22(23)25-24(26)30(27,28)29/h16-21H,2-15H2,1H3,(H,27,28,29)/b21-18+. The fraction of sp³-hybridized carbons (Fsp3) is 0.625. The van der Waals surface area contributed by atoms with Crippen molar-refractivity contribution >= 4 is 27.4 Å². The van der Waals surface area contributed by atoms with Gasteiger partial charge in [0, 0.05) is 6.20 Å². The maximum Gasteiger partial charge on any atom is 0.329 e. The molecule has 0 unspecified atom stereocenters. The zero-order valence-corrected chi connectivity index (χ0v) is 19.2. The lowest BCUT2D eigenvalue weighted by Gasteiger charge is -2.03. The van der Waals surface area contributed by atoms with Gasteiger partial charge in [0.2, 0.25) is 0 Å². The second kappa shape index (κ2) is 13.6. The molecule has 30 heavy (non-hydrogen) atoms. The number of nitrogens with zero attached hydrogens (tertiary/aromatic N) is 2. The average Bonchev–Trinajstić information content (AvgIpc) is 3.10. The lowest BCUT2D eigenvalue weighted by Crippen LogP contribution is -2.05. The van der Waals surface area contributed by atoms with Gasteiger partial charge in [-0.15, -0.1) is 0 Å². The van der Waals surface area contributed by atoms with Gasteiger partial charge in [0.25, 0.3) is 5.16 Å². The van der Waals surface area contributed by atoms with E-state index in [0.717, 1.165) is 12.8 Å². The third kappa shape index (κ3) is 8.60. The van der Waals surface area contributed by atoms with Crippen molar-refractivity contribution in [3.05, 3.63) is 30.3 Å². The summed E-state index contributed by atoms with van der Waals surface area (Å²) in [6.45, 7) is 2.26. The predicted molar refractivity (Wildman–Crippen MR) is 125 cm³/mol. The number of benzene rings is 1. The molecular weight excluding hydrogens is 396 g/mol. The molecule has 1 N–H and O–H groups in total. The molecule has 6 heteroatoms. The van der Waals surface area contributed by atoms with Crippen molar-refractivity contribution in [3.63, 3.8) is 0 Å².